The summed E-state index contributed by atoms with van der Waals surface area (Å²) in [5, 5.41) is 8.56. The number of hydrogen-bond donors (Lipinski definition) is 1. The van der Waals surface area contributed by atoms with Crippen molar-refractivity contribution in [2.75, 3.05) is 6.54 Å². The maximum absolute atomic E-state index is 4.81. The second kappa shape index (κ2) is 6.91. The van der Waals surface area contributed by atoms with Crippen molar-refractivity contribution in [3.05, 3.63) is 11.6 Å². The molecule has 1 heterocycles. The Labute approximate surface area is 129 Å². The zero-order chi connectivity index (χ0) is 15.5. The highest BCUT2D eigenvalue weighted by molar-refractivity contribution is 5.00. The Morgan fingerprint density at radius 3 is 2.62 bits per heavy atom. The molecular weight excluding hydrogens is 260 g/mol. The Hall–Kier alpha value is -0.900. The highest BCUT2D eigenvalue weighted by Crippen LogP contribution is 2.41. The fraction of sp³-hybridized carbons (Fsp3) is 0.882. The van der Waals surface area contributed by atoms with E-state index in [1.807, 2.05) is 0 Å². The molecule has 1 N–H and O–H groups in total. The van der Waals surface area contributed by atoms with E-state index in [1.54, 1.807) is 0 Å². The number of nitrogens with one attached hydrogen (secondary N) is 1. The van der Waals surface area contributed by atoms with E-state index >= 15 is 0 Å². The third kappa shape index (κ3) is 3.85. The van der Waals surface area contributed by atoms with Crippen molar-refractivity contribution in [2.24, 2.45) is 5.41 Å². The lowest BCUT2D eigenvalue weighted by Crippen LogP contribution is -2.45. The van der Waals surface area contributed by atoms with Gasteiger partial charge in [0.1, 0.15) is 5.82 Å². The highest BCUT2D eigenvalue weighted by atomic mass is 15.4. The van der Waals surface area contributed by atoms with Crippen LogP contribution in [0, 0.1) is 5.41 Å². The van der Waals surface area contributed by atoms with Crippen LogP contribution in [0.5, 0.6) is 0 Å². The van der Waals surface area contributed by atoms with Crippen molar-refractivity contribution in [1.82, 2.24) is 20.1 Å². The van der Waals surface area contributed by atoms with Gasteiger partial charge in [0.2, 0.25) is 0 Å². The third-order valence-corrected chi connectivity index (χ3v) is 4.71. The Morgan fingerprint density at radius 2 is 2.00 bits per heavy atom. The molecule has 0 radical (unpaired) electrons. The van der Waals surface area contributed by atoms with Gasteiger partial charge in [-0.05, 0) is 37.6 Å². The van der Waals surface area contributed by atoms with Gasteiger partial charge in [-0.2, -0.15) is 5.10 Å². The molecule has 0 aliphatic heterocycles. The summed E-state index contributed by atoms with van der Waals surface area (Å²) in [6, 6.07) is 0.984. The maximum Gasteiger partial charge on any atom is 0.150 e. The predicted molar refractivity (Wildman–Crippen MR) is 87.5 cm³/mol. The lowest BCUT2D eigenvalue weighted by molar-refractivity contribution is 0.132. The molecule has 1 aliphatic rings. The number of nitrogens with zero attached hydrogens (tertiary/aromatic N) is 3. The monoisotopic (exact) mass is 292 g/mol. The molecule has 4 heteroatoms. The SMILES string of the molecule is CCCNC1CCC(C)(C)CC1n1nc(CC)nc1CC. The largest absolute Gasteiger partial charge is 0.312 e. The average Bonchev–Trinajstić information content (AvgIpc) is 2.88. The van der Waals surface area contributed by atoms with Gasteiger partial charge in [-0.1, -0.05) is 34.6 Å². The smallest absolute Gasteiger partial charge is 0.150 e. The summed E-state index contributed by atoms with van der Waals surface area (Å²) in [5.74, 6) is 2.14. The zero-order valence-corrected chi connectivity index (χ0v) is 14.4. The van der Waals surface area contributed by atoms with E-state index in [1.165, 1.54) is 25.7 Å². The zero-order valence-electron chi connectivity index (χ0n) is 14.4. The van der Waals surface area contributed by atoms with Crippen LogP contribution in [0.2, 0.25) is 0 Å². The molecule has 1 aliphatic carbocycles. The molecule has 0 amide bonds. The molecule has 0 aromatic carbocycles. The first-order chi connectivity index (χ1) is 10.0. The lowest BCUT2D eigenvalue weighted by Gasteiger charge is -2.41. The van der Waals surface area contributed by atoms with E-state index in [9.17, 15) is 0 Å². The van der Waals surface area contributed by atoms with Crippen LogP contribution in [-0.4, -0.2) is 27.4 Å². The fourth-order valence-electron chi connectivity index (χ4n) is 3.43. The minimum atomic E-state index is 0.401. The van der Waals surface area contributed by atoms with Crippen LogP contribution < -0.4 is 5.32 Å². The minimum Gasteiger partial charge on any atom is -0.312 e. The van der Waals surface area contributed by atoms with Crippen LogP contribution in [-0.2, 0) is 12.8 Å². The summed E-state index contributed by atoms with van der Waals surface area (Å²) in [6.45, 7) is 12.4. The molecule has 1 aromatic rings. The van der Waals surface area contributed by atoms with Gasteiger partial charge in [0.25, 0.3) is 0 Å². The molecule has 2 atom stereocenters. The van der Waals surface area contributed by atoms with Gasteiger partial charge in [0.05, 0.1) is 6.04 Å². The van der Waals surface area contributed by atoms with Crippen LogP contribution in [0.4, 0.5) is 0 Å². The molecule has 1 saturated carbocycles. The predicted octanol–water partition coefficient (Wildman–Crippen LogP) is 3.52. The first-order valence-electron chi connectivity index (χ1n) is 8.68. The molecule has 21 heavy (non-hydrogen) atoms. The van der Waals surface area contributed by atoms with Gasteiger partial charge in [-0.3, -0.25) is 0 Å². The van der Waals surface area contributed by atoms with Crippen LogP contribution in [0.1, 0.15) is 78.0 Å². The summed E-state index contributed by atoms with van der Waals surface area (Å²) < 4.78 is 2.24. The summed E-state index contributed by atoms with van der Waals surface area (Å²) in [6.07, 6.45) is 6.79. The molecule has 1 fully saturated rings. The molecule has 0 saturated heterocycles. The molecule has 4 nitrogen and oxygen atoms in total. The summed E-state index contributed by atoms with van der Waals surface area (Å²) in [7, 11) is 0. The lowest BCUT2D eigenvalue weighted by atomic mass is 9.73. The fourth-order valence-corrected chi connectivity index (χ4v) is 3.43. The highest BCUT2D eigenvalue weighted by Gasteiger charge is 2.37. The van der Waals surface area contributed by atoms with Crippen molar-refractivity contribution in [3.8, 4) is 0 Å². The summed E-state index contributed by atoms with van der Waals surface area (Å²) in [4.78, 5) is 4.71. The second-order valence-electron chi connectivity index (χ2n) is 7.13. The molecule has 0 spiro atoms. The first-order valence-corrected chi connectivity index (χ1v) is 8.68. The summed E-state index contributed by atoms with van der Waals surface area (Å²) in [5.41, 5.74) is 0.401. The van der Waals surface area contributed by atoms with E-state index in [2.05, 4.69) is 44.6 Å². The molecule has 120 valence electrons. The molecular formula is C17H32N4. The van der Waals surface area contributed by atoms with Crippen molar-refractivity contribution < 1.29 is 0 Å². The standard InChI is InChI=1S/C17H32N4/c1-6-11-18-13-9-10-17(4,5)12-14(13)21-16(8-3)19-15(7-2)20-21/h13-14,18H,6-12H2,1-5H3. The number of hydrogen-bond acceptors (Lipinski definition) is 3. The Bertz CT molecular complexity index is 450. The van der Waals surface area contributed by atoms with E-state index in [4.69, 9.17) is 10.1 Å². The maximum atomic E-state index is 4.81. The summed E-state index contributed by atoms with van der Waals surface area (Å²) >= 11 is 0. The Kier molecular flexibility index (Phi) is 5.42. The third-order valence-electron chi connectivity index (χ3n) is 4.71. The van der Waals surface area contributed by atoms with Crippen molar-refractivity contribution in [1.29, 1.82) is 0 Å². The molecule has 2 rings (SSSR count). The van der Waals surface area contributed by atoms with Gasteiger partial charge < -0.3 is 5.32 Å². The first kappa shape index (κ1) is 16.5. The van der Waals surface area contributed by atoms with Crippen molar-refractivity contribution in [2.45, 2.75) is 85.2 Å². The molecule has 0 bridgehead atoms. The minimum absolute atomic E-state index is 0.401. The van der Waals surface area contributed by atoms with Crippen LogP contribution in [0.3, 0.4) is 0 Å². The molecule has 1 aromatic heterocycles. The second-order valence-corrected chi connectivity index (χ2v) is 7.13. The van der Waals surface area contributed by atoms with Gasteiger partial charge >= 0.3 is 0 Å². The van der Waals surface area contributed by atoms with Crippen LogP contribution in [0.15, 0.2) is 0 Å². The number of aryl methyl sites for hydroxylation is 2. The topological polar surface area (TPSA) is 42.7 Å². The van der Waals surface area contributed by atoms with Gasteiger partial charge in [-0.15, -0.1) is 0 Å². The number of aromatic nitrogens is 3. The van der Waals surface area contributed by atoms with Crippen molar-refractivity contribution >= 4 is 0 Å². The van der Waals surface area contributed by atoms with Crippen LogP contribution >= 0.6 is 0 Å². The average molecular weight is 292 g/mol. The quantitative estimate of drug-likeness (QED) is 0.872. The Morgan fingerprint density at radius 1 is 1.24 bits per heavy atom. The van der Waals surface area contributed by atoms with Gasteiger partial charge in [0.15, 0.2) is 5.82 Å². The molecule has 2 unspecified atom stereocenters. The van der Waals surface area contributed by atoms with E-state index < -0.39 is 0 Å². The van der Waals surface area contributed by atoms with Crippen molar-refractivity contribution in [3.63, 3.8) is 0 Å². The van der Waals surface area contributed by atoms with E-state index in [-0.39, 0.29) is 0 Å². The van der Waals surface area contributed by atoms with E-state index in [0.29, 0.717) is 17.5 Å². The van der Waals surface area contributed by atoms with Gasteiger partial charge in [-0.25, -0.2) is 9.67 Å². The number of rotatable bonds is 6. The Balaban J connectivity index is 2.27. The van der Waals surface area contributed by atoms with Gasteiger partial charge in [0, 0.05) is 18.9 Å². The van der Waals surface area contributed by atoms with E-state index in [0.717, 1.165) is 31.0 Å². The normalized spacial score (nSPS) is 25.2. The van der Waals surface area contributed by atoms with Crippen LogP contribution in [0.25, 0.3) is 0 Å².